The predicted octanol–water partition coefficient (Wildman–Crippen LogP) is 1.73. The van der Waals surface area contributed by atoms with Crippen molar-refractivity contribution in [2.75, 3.05) is 17.6 Å². The van der Waals surface area contributed by atoms with Crippen molar-refractivity contribution in [3.63, 3.8) is 0 Å². The van der Waals surface area contributed by atoms with E-state index in [9.17, 15) is 0 Å². The summed E-state index contributed by atoms with van der Waals surface area (Å²) in [6.07, 6.45) is 5.31. The fourth-order valence-electron chi connectivity index (χ4n) is 1.30. The number of nitrogen functional groups attached to an aromatic ring is 1. The maximum Gasteiger partial charge on any atom is 0.140 e. The lowest BCUT2D eigenvalue weighted by molar-refractivity contribution is 0.637. The summed E-state index contributed by atoms with van der Waals surface area (Å²) in [6, 6.07) is 3.72. The fraction of sp³-hybridized carbons (Fsp3) is 0.200. The van der Waals surface area contributed by atoms with E-state index in [2.05, 4.69) is 31.3 Å². The van der Waals surface area contributed by atoms with E-state index in [0.29, 0.717) is 5.69 Å². The maximum absolute atomic E-state index is 5.60. The van der Waals surface area contributed by atoms with Crippen LogP contribution in [0.15, 0.2) is 35.2 Å². The van der Waals surface area contributed by atoms with Crippen molar-refractivity contribution in [2.24, 2.45) is 0 Å². The Balaban J connectivity index is 1.90. The molecule has 0 unspecified atom stereocenters. The van der Waals surface area contributed by atoms with Gasteiger partial charge in [0, 0.05) is 18.9 Å². The van der Waals surface area contributed by atoms with Crippen molar-refractivity contribution >= 4 is 27.4 Å². The Kier molecular flexibility index (Phi) is 3.40. The van der Waals surface area contributed by atoms with Crippen molar-refractivity contribution in [2.45, 2.75) is 6.54 Å². The molecule has 0 aliphatic rings. The van der Waals surface area contributed by atoms with Gasteiger partial charge in [-0.2, -0.15) is 5.10 Å². The highest BCUT2D eigenvalue weighted by atomic mass is 79.9. The summed E-state index contributed by atoms with van der Waals surface area (Å²) in [5.41, 5.74) is 6.24. The summed E-state index contributed by atoms with van der Waals surface area (Å²) in [6.45, 7) is 1.56. The van der Waals surface area contributed by atoms with E-state index in [4.69, 9.17) is 5.73 Å². The van der Waals surface area contributed by atoms with Crippen LogP contribution in [0, 0.1) is 0 Å². The van der Waals surface area contributed by atoms with Crippen LogP contribution in [0.3, 0.4) is 0 Å². The first-order valence-corrected chi connectivity index (χ1v) is 5.67. The van der Waals surface area contributed by atoms with Gasteiger partial charge < -0.3 is 11.1 Å². The van der Waals surface area contributed by atoms with Crippen molar-refractivity contribution in [1.82, 2.24) is 14.8 Å². The maximum atomic E-state index is 5.60. The lowest BCUT2D eigenvalue weighted by Gasteiger charge is -2.07. The third-order valence-electron chi connectivity index (χ3n) is 2.05. The molecule has 16 heavy (non-hydrogen) atoms. The van der Waals surface area contributed by atoms with Gasteiger partial charge in [0.1, 0.15) is 5.82 Å². The standard InChI is InChI=1S/C10H12BrN5/c11-9-6-8(12)7-14-10(9)13-3-5-16-4-1-2-15-16/h1-2,4,6-7H,3,5,12H2,(H,13,14). The van der Waals surface area contributed by atoms with Gasteiger partial charge in [-0.25, -0.2) is 4.98 Å². The highest BCUT2D eigenvalue weighted by molar-refractivity contribution is 9.10. The van der Waals surface area contributed by atoms with E-state index in [1.807, 2.05) is 23.0 Å². The number of anilines is 2. The zero-order valence-corrected chi connectivity index (χ0v) is 10.2. The molecule has 0 saturated carbocycles. The fourth-order valence-corrected chi connectivity index (χ4v) is 1.81. The van der Waals surface area contributed by atoms with Crippen LogP contribution < -0.4 is 11.1 Å². The van der Waals surface area contributed by atoms with Gasteiger partial charge in [0.05, 0.1) is 22.9 Å². The van der Waals surface area contributed by atoms with Crippen molar-refractivity contribution in [3.05, 3.63) is 35.2 Å². The number of nitrogens with zero attached hydrogens (tertiary/aromatic N) is 3. The van der Waals surface area contributed by atoms with Gasteiger partial charge >= 0.3 is 0 Å². The van der Waals surface area contributed by atoms with E-state index in [1.54, 1.807) is 12.4 Å². The molecule has 0 spiro atoms. The lowest BCUT2D eigenvalue weighted by atomic mass is 10.4. The Morgan fingerprint density at radius 3 is 3.06 bits per heavy atom. The van der Waals surface area contributed by atoms with Crippen LogP contribution >= 0.6 is 15.9 Å². The van der Waals surface area contributed by atoms with E-state index >= 15 is 0 Å². The molecule has 0 aliphatic carbocycles. The smallest absolute Gasteiger partial charge is 0.140 e. The predicted molar refractivity (Wildman–Crippen MR) is 67.1 cm³/mol. The average molecular weight is 282 g/mol. The SMILES string of the molecule is Nc1cnc(NCCn2cccn2)c(Br)c1. The van der Waals surface area contributed by atoms with Crippen LogP contribution in [0.5, 0.6) is 0 Å². The second kappa shape index (κ2) is 4.98. The Morgan fingerprint density at radius 1 is 1.50 bits per heavy atom. The summed E-state index contributed by atoms with van der Waals surface area (Å²) in [4.78, 5) is 4.18. The van der Waals surface area contributed by atoms with Crippen LogP contribution in [-0.2, 0) is 6.54 Å². The average Bonchev–Trinajstić information content (AvgIpc) is 2.74. The molecular formula is C10H12BrN5. The molecule has 2 rings (SSSR count). The lowest BCUT2D eigenvalue weighted by Crippen LogP contribution is -2.12. The molecule has 0 bridgehead atoms. The molecule has 6 heteroatoms. The van der Waals surface area contributed by atoms with Crippen molar-refractivity contribution in [1.29, 1.82) is 0 Å². The van der Waals surface area contributed by atoms with Crippen LogP contribution in [0.1, 0.15) is 0 Å². The summed E-state index contributed by atoms with van der Waals surface area (Å²) in [5, 5.41) is 7.31. The first-order chi connectivity index (χ1) is 7.75. The van der Waals surface area contributed by atoms with E-state index in [0.717, 1.165) is 23.4 Å². The minimum Gasteiger partial charge on any atom is -0.397 e. The third-order valence-corrected chi connectivity index (χ3v) is 2.66. The second-order valence-electron chi connectivity index (χ2n) is 3.29. The molecule has 84 valence electrons. The zero-order chi connectivity index (χ0) is 11.4. The molecule has 0 radical (unpaired) electrons. The van der Waals surface area contributed by atoms with Crippen molar-refractivity contribution in [3.8, 4) is 0 Å². The van der Waals surface area contributed by atoms with Gasteiger partial charge in [-0.15, -0.1) is 0 Å². The van der Waals surface area contributed by atoms with Crippen LogP contribution in [0.4, 0.5) is 11.5 Å². The third kappa shape index (κ3) is 2.73. The van der Waals surface area contributed by atoms with Crippen LogP contribution in [0.25, 0.3) is 0 Å². The highest BCUT2D eigenvalue weighted by Gasteiger charge is 2.00. The van der Waals surface area contributed by atoms with E-state index in [1.165, 1.54) is 0 Å². The van der Waals surface area contributed by atoms with Gasteiger partial charge in [-0.05, 0) is 28.1 Å². The molecule has 0 fully saturated rings. The molecule has 2 aromatic rings. The van der Waals surface area contributed by atoms with Crippen LogP contribution in [0.2, 0.25) is 0 Å². The van der Waals surface area contributed by atoms with Crippen LogP contribution in [-0.4, -0.2) is 21.3 Å². The Bertz CT molecular complexity index is 454. The number of rotatable bonds is 4. The second-order valence-corrected chi connectivity index (χ2v) is 4.15. The van der Waals surface area contributed by atoms with Gasteiger partial charge in [0.25, 0.3) is 0 Å². The normalized spacial score (nSPS) is 10.3. The minimum absolute atomic E-state index is 0.643. The number of nitrogens with one attached hydrogen (secondary N) is 1. The summed E-state index contributed by atoms with van der Waals surface area (Å²) >= 11 is 3.40. The molecule has 0 atom stereocenters. The summed E-state index contributed by atoms with van der Waals surface area (Å²) < 4.78 is 2.73. The summed E-state index contributed by atoms with van der Waals surface area (Å²) in [5.74, 6) is 0.793. The van der Waals surface area contributed by atoms with E-state index in [-0.39, 0.29) is 0 Å². The number of pyridine rings is 1. The van der Waals surface area contributed by atoms with Gasteiger partial charge in [0.2, 0.25) is 0 Å². The minimum atomic E-state index is 0.643. The Labute approximate surface area is 102 Å². The van der Waals surface area contributed by atoms with Gasteiger partial charge in [-0.3, -0.25) is 4.68 Å². The Hall–Kier alpha value is -1.56. The Morgan fingerprint density at radius 2 is 2.38 bits per heavy atom. The number of hydrogen-bond acceptors (Lipinski definition) is 4. The molecule has 0 saturated heterocycles. The monoisotopic (exact) mass is 281 g/mol. The molecule has 5 nitrogen and oxygen atoms in total. The largest absolute Gasteiger partial charge is 0.397 e. The summed E-state index contributed by atoms with van der Waals surface area (Å²) in [7, 11) is 0. The molecule has 2 heterocycles. The number of halogens is 1. The molecule has 2 aromatic heterocycles. The first-order valence-electron chi connectivity index (χ1n) is 4.88. The van der Waals surface area contributed by atoms with Gasteiger partial charge in [-0.1, -0.05) is 0 Å². The first kappa shape index (κ1) is 10.9. The molecule has 0 aliphatic heterocycles. The van der Waals surface area contributed by atoms with Gasteiger partial charge in [0.15, 0.2) is 0 Å². The quantitative estimate of drug-likeness (QED) is 0.896. The molecule has 0 amide bonds. The van der Waals surface area contributed by atoms with E-state index < -0.39 is 0 Å². The number of hydrogen-bond donors (Lipinski definition) is 2. The topological polar surface area (TPSA) is 68.8 Å². The number of aromatic nitrogens is 3. The highest BCUT2D eigenvalue weighted by Crippen LogP contribution is 2.21. The number of nitrogens with two attached hydrogens (primary N) is 1. The molecule has 0 aromatic carbocycles. The zero-order valence-electron chi connectivity index (χ0n) is 8.60. The molecular weight excluding hydrogens is 270 g/mol. The van der Waals surface area contributed by atoms with Crippen molar-refractivity contribution < 1.29 is 0 Å². The molecule has 3 N–H and O–H groups in total.